The van der Waals surface area contributed by atoms with Gasteiger partial charge >= 0.3 is 5.97 Å². The van der Waals surface area contributed by atoms with Gasteiger partial charge in [0, 0.05) is 12.1 Å². The maximum atomic E-state index is 13.1. The van der Waals surface area contributed by atoms with Crippen LogP contribution in [0.5, 0.6) is 5.75 Å². The lowest BCUT2D eigenvalue weighted by Crippen LogP contribution is -2.06. The average Bonchev–Trinajstić information content (AvgIpc) is 2.84. The van der Waals surface area contributed by atoms with Crippen LogP contribution in [0.4, 0.5) is 4.39 Å². The number of carboxylic acids is 1. The number of hydrogen-bond donors (Lipinski definition) is 1. The molecule has 0 aliphatic heterocycles. The van der Waals surface area contributed by atoms with Crippen molar-refractivity contribution in [1.29, 1.82) is 0 Å². The fourth-order valence-corrected chi connectivity index (χ4v) is 1.64. The van der Waals surface area contributed by atoms with E-state index in [-0.39, 0.29) is 17.7 Å². The Hall–Kier alpha value is -2.37. The summed E-state index contributed by atoms with van der Waals surface area (Å²) >= 11 is 0. The molecule has 19 heavy (non-hydrogen) atoms. The maximum absolute atomic E-state index is 13.1. The molecule has 2 aromatic rings. The minimum Gasteiger partial charge on any atom is -0.486 e. The Balaban J connectivity index is 2.14. The van der Waals surface area contributed by atoms with Gasteiger partial charge in [-0.3, -0.25) is 4.68 Å². The second kappa shape index (κ2) is 5.51. The summed E-state index contributed by atoms with van der Waals surface area (Å²) in [5.41, 5.74) is 0.320. The largest absolute Gasteiger partial charge is 0.486 e. The number of ether oxygens (including phenoxy) is 1. The molecular weight excluding hydrogens is 251 g/mol. The highest BCUT2D eigenvalue weighted by atomic mass is 19.1. The molecule has 0 unspecified atom stereocenters. The molecular formula is C13H13FN2O3. The van der Waals surface area contributed by atoms with Crippen LogP contribution >= 0.6 is 0 Å². The molecule has 1 heterocycles. The normalized spacial score (nSPS) is 10.4. The molecule has 1 aromatic carbocycles. The molecule has 0 saturated heterocycles. The molecule has 1 N–H and O–H groups in total. The standard InChI is InChI=1S/C13H13FN2O3/c1-2-16-7-11(6-15-16)19-8-9-5-10(14)3-4-12(9)13(17)18/h3-7H,2,8H2,1H3,(H,17,18). The van der Waals surface area contributed by atoms with Crippen LogP contribution in [0.1, 0.15) is 22.8 Å². The minimum absolute atomic E-state index is 0.0190. The molecule has 0 radical (unpaired) electrons. The van der Waals surface area contributed by atoms with E-state index in [4.69, 9.17) is 9.84 Å². The fraction of sp³-hybridized carbons (Fsp3) is 0.231. The molecule has 100 valence electrons. The Morgan fingerprint density at radius 2 is 2.32 bits per heavy atom. The third kappa shape index (κ3) is 3.09. The Morgan fingerprint density at radius 1 is 1.53 bits per heavy atom. The number of rotatable bonds is 5. The zero-order valence-corrected chi connectivity index (χ0v) is 10.3. The molecule has 0 saturated carbocycles. The zero-order chi connectivity index (χ0) is 13.8. The first-order chi connectivity index (χ1) is 9.10. The summed E-state index contributed by atoms with van der Waals surface area (Å²) in [6.45, 7) is 2.63. The molecule has 0 fully saturated rings. The van der Waals surface area contributed by atoms with Crippen molar-refractivity contribution in [2.45, 2.75) is 20.1 Å². The van der Waals surface area contributed by atoms with Gasteiger partial charge in [-0.15, -0.1) is 0 Å². The fourth-order valence-electron chi connectivity index (χ4n) is 1.64. The van der Waals surface area contributed by atoms with E-state index in [0.717, 1.165) is 12.1 Å². The number of nitrogens with zero attached hydrogens (tertiary/aromatic N) is 2. The first kappa shape index (κ1) is 13.1. The summed E-state index contributed by atoms with van der Waals surface area (Å²) in [6, 6.07) is 3.50. The summed E-state index contributed by atoms with van der Waals surface area (Å²) in [7, 11) is 0. The van der Waals surface area contributed by atoms with Gasteiger partial charge in [-0.2, -0.15) is 5.10 Å². The number of halogens is 1. The van der Waals surface area contributed by atoms with E-state index in [0.29, 0.717) is 12.3 Å². The molecule has 0 aliphatic rings. The van der Waals surface area contributed by atoms with Crippen LogP contribution in [0.3, 0.4) is 0 Å². The Kier molecular flexibility index (Phi) is 3.79. The molecule has 0 bridgehead atoms. The van der Waals surface area contributed by atoms with Crippen LogP contribution < -0.4 is 4.74 Å². The van der Waals surface area contributed by atoms with Gasteiger partial charge in [-0.05, 0) is 25.1 Å². The van der Waals surface area contributed by atoms with Crippen molar-refractivity contribution in [3.63, 3.8) is 0 Å². The van der Waals surface area contributed by atoms with Gasteiger partial charge in [0.1, 0.15) is 12.4 Å². The van der Waals surface area contributed by atoms with Gasteiger partial charge < -0.3 is 9.84 Å². The minimum atomic E-state index is -1.11. The van der Waals surface area contributed by atoms with Crippen molar-refractivity contribution in [2.24, 2.45) is 0 Å². The van der Waals surface area contributed by atoms with E-state index < -0.39 is 11.8 Å². The van der Waals surface area contributed by atoms with Crippen LogP contribution in [0.25, 0.3) is 0 Å². The summed E-state index contributed by atoms with van der Waals surface area (Å²) in [6.07, 6.45) is 3.23. The molecule has 6 heteroatoms. The van der Waals surface area contributed by atoms with E-state index in [1.165, 1.54) is 12.3 Å². The lowest BCUT2D eigenvalue weighted by molar-refractivity contribution is 0.0694. The molecule has 0 atom stereocenters. The molecule has 0 amide bonds. The number of carbonyl (C=O) groups is 1. The van der Waals surface area contributed by atoms with Crippen LogP contribution in [-0.2, 0) is 13.2 Å². The summed E-state index contributed by atoms with van der Waals surface area (Å²) < 4.78 is 20.2. The van der Waals surface area contributed by atoms with Crippen molar-refractivity contribution in [3.05, 3.63) is 47.5 Å². The smallest absolute Gasteiger partial charge is 0.336 e. The average molecular weight is 264 g/mol. The van der Waals surface area contributed by atoms with E-state index in [1.54, 1.807) is 10.9 Å². The Bertz CT molecular complexity index is 595. The number of aromatic nitrogens is 2. The molecule has 0 aliphatic carbocycles. The number of benzene rings is 1. The lowest BCUT2D eigenvalue weighted by atomic mass is 10.1. The predicted molar refractivity (Wildman–Crippen MR) is 65.6 cm³/mol. The number of hydrogen-bond acceptors (Lipinski definition) is 3. The van der Waals surface area contributed by atoms with Crippen LogP contribution in [0.15, 0.2) is 30.6 Å². The number of aromatic carboxylic acids is 1. The van der Waals surface area contributed by atoms with Crippen molar-refractivity contribution in [1.82, 2.24) is 9.78 Å². The summed E-state index contributed by atoms with van der Waals surface area (Å²) in [5.74, 6) is -1.09. The van der Waals surface area contributed by atoms with E-state index in [1.807, 2.05) is 6.92 Å². The SMILES string of the molecule is CCn1cc(OCc2cc(F)ccc2C(=O)O)cn1. The van der Waals surface area contributed by atoms with Gasteiger partial charge in [0.2, 0.25) is 0 Å². The van der Waals surface area contributed by atoms with E-state index in [2.05, 4.69) is 5.10 Å². The van der Waals surface area contributed by atoms with Gasteiger partial charge in [-0.25, -0.2) is 9.18 Å². The molecule has 2 rings (SSSR count). The van der Waals surface area contributed by atoms with Gasteiger partial charge in [-0.1, -0.05) is 0 Å². The zero-order valence-electron chi connectivity index (χ0n) is 10.3. The van der Waals surface area contributed by atoms with Crippen LogP contribution in [0.2, 0.25) is 0 Å². The first-order valence-corrected chi connectivity index (χ1v) is 5.77. The van der Waals surface area contributed by atoms with Crippen molar-refractivity contribution in [3.8, 4) is 5.75 Å². The van der Waals surface area contributed by atoms with Gasteiger partial charge in [0.25, 0.3) is 0 Å². The van der Waals surface area contributed by atoms with Crippen molar-refractivity contribution in [2.75, 3.05) is 0 Å². The van der Waals surface area contributed by atoms with Gasteiger partial charge in [0.05, 0.1) is 18.0 Å². The second-order valence-corrected chi connectivity index (χ2v) is 3.93. The lowest BCUT2D eigenvalue weighted by Gasteiger charge is -2.07. The van der Waals surface area contributed by atoms with Crippen molar-refractivity contribution < 1.29 is 19.0 Å². The monoisotopic (exact) mass is 264 g/mol. The highest BCUT2D eigenvalue weighted by molar-refractivity contribution is 5.89. The first-order valence-electron chi connectivity index (χ1n) is 5.77. The molecule has 0 spiro atoms. The van der Waals surface area contributed by atoms with Crippen LogP contribution in [0, 0.1) is 5.82 Å². The second-order valence-electron chi connectivity index (χ2n) is 3.93. The van der Waals surface area contributed by atoms with Crippen molar-refractivity contribution >= 4 is 5.97 Å². The summed E-state index contributed by atoms with van der Waals surface area (Å²) in [4.78, 5) is 11.0. The highest BCUT2D eigenvalue weighted by Crippen LogP contribution is 2.16. The quantitative estimate of drug-likeness (QED) is 0.900. The number of aryl methyl sites for hydroxylation is 1. The highest BCUT2D eigenvalue weighted by Gasteiger charge is 2.11. The Labute approximate surface area is 109 Å². The maximum Gasteiger partial charge on any atom is 0.336 e. The van der Waals surface area contributed by atoms with Crippen LogP contribution in [-0.4, -0.2) is 20.9 Å². The number of carboxylic acid groups (broad SMARTS) is 1. The third-order valence-corrected chi connectivity index (χ3v) is 2.63. The van der Waals surface area contributed by atoms with E-state index >= 15 is 0 Å². The Morgan fingerprint density at radius 3 is 2.95 bits per heavy atom. The molecule has 5 nitrogen and oxygen atoms in total. The van der Waals surface area contributed by atoms with Gasteiger partial charge in [0.15, 0.2) is 5.75 Å². The summed E-state index contributed by atoms with van der Waals surface area (Å²) in [5, 5.41) is 13.0. The predicted octanol–water partition coefficient (Wildman–Crippen LogP) is 2.32. The molecule has 1 aromatic heterocycles. The third-order valence-electron chi connectivity index (χ3n) is 2.63. The van der Waals surface area contributed by atoms with E-state index in [9.17, 15) is 9.18 Å². The topological polar surface area (TPSA) is 64.3 Å².